The van der Waals surface area contributed by atoms with Gasteiger partial charge in [0.1, 0.15) is 0 Å². The third-order valence-corrected chi connectivity index (χ3v) is 7.61. The maximum atomic E-state index is 2.26. The van der Waals surface area contributed by atoms with Gasteiger partial charge in [0.25, 0.3) is 0 Å². The quantitative estimate of drug-likeness (QED) is 0.339. The minimum atomic E-state index is 0. The molecule has 1 aromatic carbocycles. The second-order valence-electron chi connectivity index (χ2n) is 5.66. The number of hydrogen-bond acceptors (Lipinski definition) is 0. The molecule has 1 aliphatic heterocycles. The molecule has 0 saturated carbocycles. The first-order valence-corrected chi connectivity index (χ1v) is 8.82. The third kappa shape index (κ3) is 6.05. The van der Waals surface area contributed by atoms with E-state index in [0.717, 1.165) is 0 Å². The van der Waals surface area contributed by atoms with Gasteiger partial charge in [-0.2, -0.15) is 27.8 Å². The maximum Gasteiger partial charge on any atom is 3.00 e. The third-order valence-electron chi connectivity index (χ3n) is 4.80. The summed E-state index contributed by atoms with van der Waals surface area (Å²) in [4.78, 5) is 0. The van der Waals surface area contributed by atoms with E-state index in [1.165, 1.54) is 27.8 Å². The summed E-state index contributed by atoms with van der Waals surface area (Å²) in [5, 5.41) is 0. The molecule has 0 bridgehead atoms. The molecule has 0 aromatic heterocycles. The fourth-order valence-corrected chi connectivity index (χ4v) is 4.83. The predicted molar refractivity (Wildman–Crippen MR) is 88.2 cm³/mol. The van der Waals surface area contributed by atoms with Crippen molar-refractivity contribution in [2.75, 3.05) is 0 Å². The van der Waals surface area contributed by atoms with E-state index in [1.807, 2.05) is 0 Å². The molecule has 0 saturated heterocycles. The summed E-state index contributed by atoms with van der Waals surface area (Å²) in [6, 6.07) is 0. The van der Waals surface area contributed by atoms with Crippen LogP contribution in [0.2, 0.25) is 0 Å². The number of hydrogen-bond donors (Lipinski definition) is 0. The summed E-state index contributed by atoms with van der Waals surface area (Å²) in [6.07, 6.45) is 0. The van der Waals surface area contributed by atoms with Gasteiger partial charge in [0.15, 0.2) is 0 Å². The summed E-state index contributed by atoms with van der Waals surface area (Å²) >= 11 is 0.430. The molecule has 1 aliphatic rings. The van der Waals surface area contributed by atoms with Gasteiger partial charge in [-0.25, -0.2) is 0 Å². The van der Waals surface area contributed by atoms with Crippen LogP contribution >= 0.6 is 0 Å². The molecule has 1 aromatic rings. The second kappa shape index (κ2) is 11.4. The largest absolute Gasteiger partial charge is 3.00 e. The Morgan fingerprint density at radius 3 is 1.00 bits per heavy atom. The molecule has 0 unspecified atom stereocenters. The summed E-state index contributed by atoms with van der Waals surface area (Å²) in [6.45, 7) is 20.0. The molecule has 1 heterocycles. The molecule has 0 atom stereocenters. The SMILES string of the molecule is CC1=C(C)C(C)=C(C)[As]1.Cc1c(C)c(C)[c-](C)c1C.[Cl-].[Cl-].[Zr+3]. The van der Waals surface area contributed by atoms with Gasteiger partial charge in [-0.15, -0.1) is 0 Å². The molecule has 0 aliphatic carbocycles. The average Bonchev–Trinajstić information content (AvgIpc) is 2.69. The van der Waals surface area contributed by atoms with E-state index in [4.69, 9.17) is 0 Å². The number of allylic oxidation sites excluding steroid dienone is 4. The summed E-state index contributed by atoms with van der Waals surface area (Å²) in [5.74, 6) is 0. The normalized spacial score (nSPS) is 13.0. The van der Waals surface area contributed by atoms with Crippen LogP contribution in [0.5, 0.6) is 0 Å². The zero-order valence-corrected chi connectivity index (χ0v) is 21.0. The molecule has 0 spiro atoms. The van der Waals surface area contributed by atoms with Crippen LogP contribution in [-0.2, 0) is 26.2 Å². The van der Waals surface area contributed by atoms with E-state index < -0.39 is 0 Å². The minimum absolute atomic E-state index is 0. The smallest absolute Gasteiger partial charge is 1.00 e. The van der Waals surface area contributed by atoms with Gasteiger partial charge in [0.05, 0.1) is 0 Å². The molecular formula is C18H27AsCl2Zr. The average molecular weight is 480 g/mol. The Morgan fingerprint density at radius 2 is 0.909 bits per heavy atom. The Morgan fingerprint density at radius 1 is 0.636 bits per heavy atom. The molecule has 22 heavy (non-hydrogen) atoms. The van der Waals surface area contributed by atoms with E-state index >= 15 is 0 Å². The molecule has 0 fully saturated rings. The monoisotopic (exact) mass is 478 g/mol. The number of rotatable bonds is 0. The molecule has 122 valence electrons. The Balaban J connectivity index is -0.000000290. The van der Waals surface area contributed by atoms with E-state index in [9.17, 15) is 0 Å². The van der Waals surface area contributed by atoms with Gasteiger partial charge in [0, 0.05) is 0 Å². The van der Waals surface area contributed by atoms with Gasteiger partial charge in [0.2, 0.25) is 0 Å². The molecule has 4 heteroatoms. The van der Waals surface area contributed by atoms with Crippen LogP contribution in [0.25, 0.3) is 0 Å². The van der Waals surface area contributed by atoms with Crippen LogP contribution in [-0.4, -0.2) is 15.8 Å². The molecule has 2 rings (SSSR count). The van der Waals surface area contributed by atoms with Crippen LogP contribution in [0.3, 0.4) is 0 Å². The molecule has 0 N–H and O–H groups in total. The topological polar surface area (TPSA) is 0 Å². The van der Waals surface area contributed by atoms with Crippen molar-refractivity contribution in [2.45, 2.75) is 62.3 Å². The fourth-order valence-electron chi connectivity index (χ4n) is 2.37. The first-order valence-electron chi connectivity index (χ1n) is 6.95. The molecule has 0 amide bonds. The number of halogens is 2. The van der Waals surface area contributed by atoms with Gasteiger partial charge in [-0.1, -0.05) is 34.6 Å². The Bertz CT molecular complexity index is 464. The summed E-state index contributed by atoms with van der Waals surface area (Å²) < 4.78 is 3.28. The van der Waals surface area contributed by atoms with Crippen LogP contribution in [0.4, 0.5) is 0 Å². The maximum absolute atomic E-state index is 2.26. The van der Waals surface area contributed by atoms with Crippen LogP contribution in [0.15, 0.2) is 19.9 Å². The molecule has 0 nitrogen and oxygen atoms in total. The fraction of sp³-hybridized carbons (Fsp3) is 0.500. The zero-order valence-electron chi connectivity index (χ0n) is 15.2. The van der Waals surface area contributed by atoms with Crippen LogP contribution < -0.4 is 24.8 Å². The van der Waals surface area contributed by atoms with E-state index in [-0.39, 0.29) is 51.0 Å². The zero-order chi connectivity index (χ0) is 14.9. The Labute approximate surface area is 175 Å². The first-order chi connectivity index (χ1) is 8.68. The van der Waals surface area contributed by atoms with Gasteiger partial charge < -0.3 is 24.8 Å². The minimum Gasteiger partial charge on any atom is -1.00 e. The van der Waals surface area contributed by atoms with Gasteiger partial charge in [-0.05, 0) is 0 Å². The van der Waals surface area contributed by atoms with Crippen molar-refractivity contribution in [3.05, 3.63) is 47.7 Å². The second-order valence-corrected chi connectivity index (χ2v) is 8.94. The summed E-state index contributed by atoms with van der Waals surface area (Å²) in [5.41, 5.74) is 10.4. The van der Waals surface area contributed by atoms with Crippen molar-refractivity contribution in [2.24, 2.45) is 0 Å². The van der Waals surface area contributed by atoms with E-state index in [2.05, 4.69) is 62.3 Å². The van der Waals surface area contributed by atoms with Crippen molar-refractivity contribution in [1.29, 1.82) is 0 Å². The van der Waals surface area contributed by atoms with Gasteiger partial charge in [-0.3, -0.25) is 0 Å². The summed E-state index contributed by atoms with van der Waals surface area (Å²) in [7, 11) is 0. The van der Waals surface area contributed by atoms with Crippen molar-refractivity contribution >= 4 is 15.8 Å². The van der Waals surface area contributed by atoms with Crippen molar-refractivity contribution < 1.29 is 51.0 Å². The van der Waals surface area contributed by atoms with Crippen molar-refractivity contribution in [3.8, 4) is 0 Å². The van der Waals surface area contributed by atoms with Crippen LogP contribution in [0.1, 0.15) is 55.5 Å². The van der Waals surface area contributed by atoms with Gasteiger partial charge >= 0.3 is 89.5 Å². The van der Waals surface area contributed by atoms with Crippen molar-refractivity contribution in [3.63, 3.8) is 0 Å². The predicted octanol–water partition coefficient (Wildman–Crippen LogP) is -0.755. The standard InChI is InChI=1S/C10H15.C8H12As.2ClH.Zr/c1-6-7(2)9(4)10(5)8(6)3;1-5-6(2)8(4)9-7(5)3;;;/h1-5H3;1-4H3;2*1H;/q-1;;;;+3/p-2. The van der Waals surface area contributed by atoms with E-state index in [1.54, 1.807) is 19.9 Å². The first kappa shape index (κ1) is 27.7. The van der Waals surface area contributed by atoms with Crippen LogP contribution in [0, 0.1) is 34.6 Å². The Hall–Kier alpha value is 0.852. The van der Waals surface area contributed by atoms with Crippen molar-refractivity contribution in [1.82, 2.24) is 0 Å². The Kier molecular flexibility index (Phi) is 14.4. The molecule has 2 radical (unpaired) electrons. The van der Waals surface area contributed by atoms with E-state index in [0.29, 0.717) is 15.8 Å². The molecular weight excluding hydrogens is 453 g/mol.